The molecule has 1 nitrogen and oxygen atoms in total. The lowest BCUT2D eigenvalue weighted by Crippen LogP contribution is -2.09. The number of rotatable bonds is 1. The molecule has 0 aromatic heterocycles. The van der Waals surface area contributed by atoms with Crippen molar-refractivity contribution in [1.82, 2.24) is 0 Å². The summed E-state index contributed by atoms with van der Waals surface area (Å²) >= 11 is 5.84. The smallest absolute Gasteiger partial charge is 0.0520 e. The summed E-state index contributed by atoms with van der Waals surface area (Å²) in [5.41, 5.74) is 3.12. The Morgan fingerprint density at radius 2 is 1.56 bits per heavy atom. The van der Waals surface area contributed by atoms with Crippen molar-refractivity contribution in [2.24, 2.45) is 0 Å². The molecule has 0 saturated heterocycles. The Morgan fingerprint density at radius 1 is 0.889 bits per heavy atom. The molecule has 2 aromatic carbocycles. The van der Waals surface area contributed by atoms with Crippen LogP contribution in [0.4, 0.5) is 5.69 Å². The van der Waals surface area contributed by atoms with Crippen molar-refractivity contribution in [1.29, 1.82) is 0 Å². The number of para-hydroxylation sites is 1. The molecule has 0 N–H and O–H groups in total. The zero-order valence-electron chi connectivity index (χ0n) is 10.4. The molecule has 2 aromatic rings. The van der Waals surface area contributed by atoms with Gasteiger partial charge in [0.25, 0.3) is 0 Å². The van der Waals surface area contributed by atoms with Gasteiger partial charge >= 0.3 is 0 Å². The normalized spacial score (nSPS) is 9.50. The van der Waals surface area contributed by atoms with Crippen LogP contribution >= 0.6 is 11.6 Å². The Balaban J connectivity index is 2.32. The summed E-state index contributed by atoms with van der Waals surface area (Å²) in [4.78, 5) is 2.06. The van der Waals surface area contributed by atoms with Crippen LogP contribution in [0.15, 0.2) is 48.5 Å². The molecule has 0 unspecified atom stereocenters. The van der Waals surface area contributed by atoms with Crippen LogP contribution in [0.3, 0.4) is 0 Å². The largest absolute Gasteiger partial charge is 0.377 e. The summed E-state index contributed by atoms with van der Waals surface area (Å²) in [5.74, 6) is 6.34. The Labute approximate surface area is 113 Å². The molecule has 0 saturated carbocycles. The minimum Gasteiger partial charge on any atom is -0.377 e. The molecule has 0 aliphatic heterocycles. The van der Waals surface area contributed by atoms with E-state index in [9.17, 15) is 0 Å². The van der Waals surface area contributed by atoms with Gasteiger partial charge in [0.05, 0.1) is 5.69 Å². The van der Waals surface area contributed by atoms with Crippen molar-refractivity contribution in [3.63, 3.8) is 0 Å². The summed E-state index contributed by atoms with van der Waals surface area (Å²) in [6, 6.07) is 15.7. The Bertz CT molecular complexity index is 588. The van der Waals surface area contributed by atoms with Crippen LogP contribution in [0.1, 0.15) is 11.1 Å². The van der Waals surface area contributed by atoms with Crippen molar-refractivity contribution in [2.75, 3.05) is 19.0 Å². The third-order valence-corrected chi connectivity index (χ3v) is 2.82. The Morgan fingerprint density at radius 3 is 2.22 bits per heavy atom. The topological polar surface area (TPSA) is 3.24 Å². The number of hydrogen-bond donors (Lipinski definition) is 0. The summed E-state index contributed by atoms with van der Waals surface area (Å²) in [6.07, 6.45) is 0. The van der Waals surface area contributed by atoms with Crippen molar-refractivity contribution in [3.05, 3.63) is 64.7 Å². The number of benzene rings is 2. The van der Waals surface area contributed by atoms with Crippen LogP contribution in [0, 0.1) is 11.8 Å². The van der Waals surface area contributed by atoms with E-state index in [0.717, 1.165) is 21.8 Å². The van der Waals surface area contributed by atoms with Crippen LogP contribution in [0.25, 0.3) is 0 Å². The molecule has 18 heavy (non-hydrogen) atoms. The fraction of sp³-hybridized carbons (Fsp3) is 0.125. The van der Waals surface area contributed by atoms with E-state index >= 15 is 0 Å². The predicted molar refractivity (Wildman–Crippen MR) is 78.2 cm³/mol. The average Bonchev–Trinajstić information content (AvgIpc) is 2.38. The standard InChI is InChI=1S/C16H14ClN/c1-18(2)16-6-4-3-5-14(16)10-7-13-8-11-15(17)12-9-13/h3-6,8-9,11-12H,1-2H3. The second-order valence-corrected chi connectivity index (χ2v) is 4.60. The van der Waals surface area contributed by atoms with Crippen molar-refractivity contribution in [2.45, 2.75) is 0 Å². The zero-order valence-corrected chi connectivity index (χ0v) is 11.2. The van der Waals surface area contributed by atoms with E-state index in [1.807, 2.05) is 56.6 Å². The fourth-order valence-electron chi connectivity index (χ4n) is 1.64. The highest BCUT2D eigenvalue weighted by atomic mass is 35.5. The molecule has 0 radical (unpaired) electrons. The summed E-state index contributed by atoms with van der Waals surface area (Å²) in [6.45, 7) is 0. The molecule has 0 fully saturated rings. The van der Waals surface area contributed by atoms with Gasteiger partial charge in [0, 0.05) is 30.2 Å². The molecule has 0 spiro atoms. The quantitative estimate of drug-likeness (QED) is 0.701. The molecule has 2 heteroatoms. The minimum atomic E-state index is 0.731. The molecule has 2 rings (SSSR count). The molecule has 0 heterocycles. The Kier molecular flexibility index (Phi) is 3.92. The lowest BCUT2D eigenvalue weighted by Gasteiger charge is -2.13. The van der Waals surface area contributed by atoms with Gasteiger partial charge in [0.2, 0.25) is 0 Å². The SMILES string of the molecule is CN(C)c1ccccc1C#Cc1ccc(Cl)cc1. The first kappa shape index (κ1) is 12.5. The van der Waals surface area contributed by atoms with Crippen molar-refractivity contribution in [3.8, 4) is 11.8 Å². The highest BCUT2D eigenvalue weighted by molar-refractivity contribution is 6.30. The molecular formula is C16H14ClN. The third kappa shape index (κ3) is 3.06. The van der Waals surface area contributed by atoms with Gasteiger partial charge in [-0.3, -0.25) is 0 Å². The van der Waals surface area contributed by atoms with E-state index in [-0.39, 0.29) is 0 Å². The zero-order chi connectivity index (χ0) is 13.0. The van der Waals surface area contributed by atoms with E-state index in [1.165, 1.54) is 0 Å². The number of halogens is 1. The maximum Gasteiger partial charge on any atom is 0.0520 e. The fourth-order valence-corrected chi connectivity index (χ4v) is 1.77. The van der Waals surface area contributed by atoms with E-state index < -0.39 is 0 Å². The molecular weight excluding hydrogens is 242 g/mol. The maximum absolute atomic E-state index is 5.84. The van der Waals surface area contributed by atoms with Gasteiger partial charge in [-0.1, -0.05) is 35.6 Å². The van der Waals surface area contributed by atoms with Gasteiger partial charge in [-0.05, 0) is 36.4 Å². The van der Waals surface area contributed by atoms with Crippen molar-refractivity contribution < 1.29 is 0 Å². The van der Waals surface area contributed by atoms with Crippen LogP contribution in [0.5, 0.6) is 0 Å². The summed E-state index contributed by atoms with van der Waals surface area (Å²) in [5, 5.41) is 0.731. The summed E-state index contributed by atoms with van der Waals surface area (Å²) < 4.78 is 0. The lowest BCUT2D eigenvalue weighted by atomic mass is 10.1. The van der Waals surface area contributed by atoms with Gasteiger partial charge < -0.3 is 4.90 Å². The first-order valence-corrected chi connectivity index (χ1v) is 6.08. The molecule has 0 aliphatic rings. The molecule has 0 atom stereocenters. The van der Waals surface area contributed by atoms with Gasteiger partial charge in [-0.2, -0.15) is 0 Å². The molecule has 90 valence electrons. The Hall–Kier alpha value is -1.91. The average molecular weight is 256 g/mol. The number of nitrogens with zero attached hydrogens (tertiary/aromatic N) is 1. The molecule has 0 amide bonds. The van der Waals surface area contributed by atoms with E-state index in [2.05, 4.69) is 22.8 Å². The van der Waals surface area contributed by atoms with Crippen LogP contribution < -0.4 is 4.90 Å². The van der Waals surface area contributed by atoms with Crippen LogP contribution in [0.2, 0.25) is 5.02 Å². The van der Waals surface area contributed by atoms with Gasteiger partial charge in [-0.15, -0.1) is 0 Å². The maximum atomic E-state index is 5.84. The molecule has 0 aliphatic carbocycles. The summed E-state index contributed by atoms with van der Waals surface area (Å²) in [7, 11) is 4.03. The predicted octanol–water partition coefficient (Wildman–Crippen LogP) is 3.81. The van der Waals surface area contributed by atoms with Crippen molar-refractivity contribution >= 4 is 17.3 Å². The number of anilines is 1. The van der Waals surface area contributed by atoms with E-state index in [1.54, 1.807) is 0 Å². The first-order valence-electron chi connectivity index (χ1n) is 5.71. The van der Waals surface area contributed by atoms with Gasteiger partial charge in [0.1, 0.15) is 0 Å². The monoisotopic (exact) mass is 255 g/mol. The van der Waals surface area contributed by atoms with Gasteiger partial charge in [0.15, 0.2) is 0 Å². The second-order valence-electron chi connectivity index (χ2n) is 4.17. The highest BCUT2D eigenvalue weighted by Gasteiger charge is 1.99. The highest BCUT2D eigenvalue weighted by Crippen LogP contribution is 2.16. The third-order valence-electron chi connectivity index (χ3n) is 2.57. The van der Waals surface area contributed by atoms with E-state index in [0.29, 0.717) is 0 Å². The van der Waals surface area contributed by atoms with Crippen LogP contribution in [-0.4, -0.2) is 14.1 Å². The second kappa shape index (κ2) is 5.62. The lowest BCUT2D eigenvalue weighted by molar-refractivity contribution is 1.13. The van der Waals surface area contributed by atoms with Gasteiger partial charge in [-0.25, -0.2) is 0 Å². The first-order chi connectivity index (χ1) is 8.66. The molecule has 0 bridgehead atoms. The van der Waals surface area contributed by atoms with E-state index in [4.69, 9.17) is 11.6 Å². The number of hydrogen-bond acceptors (Lipinski definition) is 1. The minimum absolute atomic E-state index is 0.731. The van der Waals surface area contributed by atoms with Crippen LogP contribution in [-0.2, 0) is 0 Å².